The summed E-state index contributed by atoms with van der Waals surface area (Å²) in [6.45, 7) is 4.97. The van der Waals surface area contributed by atoms with Crippen LogP contribution in [0.4, 0.5) is 0 Å². The van der Waals surface area contributed by atoms with Crippen LogP contribution in [-0.2, 0) is 10.0 Å². The van der Waals surface area contributed by atoms with Gasteiger partial charge >= 0.3 is 0 Å². The van der Waals surface area contributed by atoms with Crippen molar-refractivity contribution in [1.29, 1.82) is 10.5 Å². The highest BCUT2D eigenvalue weighted by Crippen LogP contribution is 2.18. The van der Waals surface area contributed by atoms with E-state index >= 15 is 0 Å². The third kappa shape index (κ3) is 3.78. The number of rotatable bonds is 4. The smallest absolute Gasteiger partial charge is 0.210 e. The summed E-state index contributed by atoms with van der Waals surface area (Å²) in [5.41, 5.74) is 0.142. The molecular weight excluding hydrogens is 262 g/mol. The van der Waals surface area contributed by atoms with E-state index in [9.17, 15) is 8.42 Å². The summed E-state index contributed by atoms with van der Waals surface area (Å²) < 4.78 is 26.6. The van der Waals surface area contributed by atoms with E-state index in [0.717, 1.165) is 0 Å². The van der Waals surface area contributed by atoms with Crippen molar-refractivity contribution < 1.29 is 8.42 Å². The highest BCUT2D eigenvalue weighted by molar-refractivity contribution is 7.89. The molecule has 0 spiro atoms. The lowest BCUT2D eigenvalue weighted by molar-refractivity contribution is 0.478. The largest absolute Gasteiger partial charge is 0.240 e. The summed E-state index contributed by atoms with van der Waals surface area (Å²) >= 11 is 0. The van der Waals surface area contributed by atoms with Gasteiger partial charge in [0.05, 0.1) is 28.0 Å². The molecule has 0 aliphatic carbocycles. The van der Waals surface area contributed by atoms with E-state index in [2.05, 4.69) is 4.72 Å². The molecular formula is C13H15N3O2S. The van der Waals surface area contributed by atoms with Gasteiger partial charge in [0.15, 0.2) is 0 Å². The molecule has 0 saturated carbocycles. The Bertz CT molecular complexity index is 664. The average Bonchev–Trinajstić information content (AvgIpc) is 2.36. The summed E-state index contributed by atoms with van der Waals surface area (Å²) in [4.78, 5) is 0.125. The van der Waals surface area contributed by atoms with Crippen LogP contribution in [0, 0.1) is 35.0 Å². The van der Waals surface area contributed by atoms with Crippen LogP contribution >= 0.6 is 0 Å². The molecule has 1 aromatic rings. The molecule has 0 fully saturated rings. The minimum Gasteiger partial charge on any atom is -0.210 e. The summed E-state index contributed by atoms with van der Waals surface area (Å²) in [6, 6.07) is 8.35. The van der Waals surface area contributed by atoms with Crippen molar-refractivity contribution in [2.75, 3.05) is 6.54 Å². The Morgan fingerprint density at radius 3 is 2.42 bits per heavy atom. The monoisotopic (exact) mass is 277 g/mol. The predicted molar refractivity (Wildman–Crippen MR) is 70.5 cm³/mol. The van der Waals surface area contributed by atoms with E-state index in [1.54, 1.807) is 20.8 Å². The minimum absolute atomic E-state index is 0.0330. The van der Waals surface area contributed by atoms with E-state index in [0.29, 0.717) is 11.1 Å². The summed E-state index contributed by atoms with van der Waals surface area (Å²) in [5, 5.41) is 17.6. The van der Waals surface area contributed by atoms with E-state index in [4.69, 9.17) is 10.5 Å². The molecule has 100 valence electrons. The quantitative estimate of drug-likeness (QED) is 0.906. The minimum atomic E-state index is -3.67. The third-order valence-corrected chi connectivity index (χ3v) is 4.16. The van der Waals surface area contributed by atoms with Crippen LogP contribution in [0.2, 0.25) is 0 Å². The Kier molecular flexibility index (Phi) is 4.31. The second-order valence-electron chi connectivity index (χ2n) is 4.91. The predicted octanol–water partition coefficient (Wildman–Crippen LogP) is 1.69. The molecule has 1 rings (SSSR count). The first kappa shape index (κ1) is 15.2. The van der Waals surface area contributed by atoms with E-state index in [1.807, 2.05) is 12.1 Å². The molecule has 19 heavy (non-hydrogen) atoms. The standard InChI is InChI=1S/C13H15N3O2S/c1-10-6-11(7-14)4-5-12(10)19(17,18)16-9-13(2,3)8-15/h4-6,16H,9H2,1-3H3. The molecule has 1 N–H and O–H groups in total. The maximum Gasteiger partial charge on any atom is 0.240 e. The van der Waals surface area contributed by atoms with E-state index in [-0.39, 0.29) is 11.4 Å². The fourth-order valence-electron chi connectivity index (χ4n) is 1.41. The first-order valence-electron chi connectivity index (χ1n) is 5.63. The maximum atomic E-state index is 12.1. The zero-order valence-corrected chi connectivity index (χ0v) is 11.9. The molecule has 0 unspecified atom stereocenters. The number of nitrogens with one attached hydrogen (secondary N) is 1. The Balaban J connectivity index is 3.03. The fraction of sp³-hybridized carbons (Fsp3) is 0.385. The molecule has 0 heterocycles. The van der Waals surface area contributed by atoms with Crippen LogP contribution in [0.25, 0.3) is 0 Å². The van der Waals surface area contributed by atoms with Gasteiger partial charge in [-0.05, 0) is 44.5 Å². The van der Waals surface area contributed by atoms with Gasteiger partial charge in [0.2, 0.25) is 10.0 Å². The van der Waals surface area contributed by atoms with Crippen molar-refractivity contribution in [2.45, 2.75) is 25.7 Å². The lowest BCUT2D eigenvalue weighted by Gasteiger charge is -2.16. The zero-order chi connectivity index (χ0) is 14.7. The highest BCUT2D eigenvalue weighted by Gasteiger charge is 2.23. The number of hydrogen-bond donors (Lipinski definition) is 1. The van der Waals surface area contributed by atoms with E-state index < -0.39 is 15.4 Å². The Labute approximate surface area is 113 Å². The number of sulfonamides is 1. The maximum absolute atomic E-state index is 12.1. The molecule has 0 saturated heterocycles. The van der Waals surface area contributed by atoms with Crippen molar-refractivity contribution in [1.82, 2.24) is 4.72 Å². The molecule has 0 aliphatic rings. The molecule has 6 heteroatoms. The van der Waals surface area contributed by atoms with Gasteiger partial charge in [0, 0.05) is 6.54 Å². The van der Waals surface area contributed by atoms with Crippen molar-refractivity contribution in [2.24, 2.45) is 5.41 Å². The number of benzene rings is 1. The van der Waals surface area contributed by atoms with Crippen LogP contribution in [0.15, 0.2) is 23.1 Å². The topological polar surface area (TPSA) is 93.8 Å². The average molecular weight is 277 g/mol. The van der Waals surface area contributed by atoms with Crippen LogP contribution in [-0.4, -0.2) is 15.0 Å². The molecule has 0 amide bonds. The SMILES string of the molecule is Cc1cc(C#N)ccc1S(=O)(=O)NCC(C)(C)C#N. The van der Waals surface area contributed by atoms with Crippen LogP contribution in [0.3, 0.4) is 0 Å². The van der Waals surface area contributed by atoms with Crippen molar-refractivity contribution in [3.63, 3.8) is 0 Å². The Hall–Kier alpha value is -1.89. The molecule has 0 aliphatic heterocycles. The number of aryl methyl sites for hydroxylation is 1. The van der Waals surface area contributed by atoms with Crippen molar-refractivity contribution in [3.8, 4) is 12.1 Å². The molecule has 0 bridgehead atoms. The van der Waals surface area contributed by atoms with Gasteiger partial charge in [-0.3, -0.25) is 0 Å². The van der Waals surface area contributed by atoms with Crippen molar-refractivity contribution >= 4 is 10.0 Å². The number of nitrogens with zero attached hydrogens (tertiary/aromatic N) is 2. The van der Waals surface area contributed by atoms with Crippen LogP contribution in [0.5, 0.6) is 0 Å². The van der Waals surface area contributed by atoms with Gasteiger partial charge in [-0.25, -0.2) is 13.1 Å². The van der Waals surface area contributed by atoms with Gasteiger partial charge in [-0.1, -0.05) is 0 Å². The third-order valence-electron chi connectivity index (χ3n) is 2.60. The highest BCUT2D eigenvalue weighted by atomic mass is 32.2. The normalized spacial score (nSPS) is 11.6. The van der Waals surface area contributed by atoms with Crippen LogP contribution in [0.1, 0.15) is 25.0 Å². The van der Waals surface area contributed by atoms with Crippen LogP contribution < -0.4 is 4.72 Å². The molecule has 0 aromatic heterocycles. The fourth-order valence-corrected chi connectivity index (χ4v) is 2.85. The molecule has 1 aromatic carbocycles. The molecule has 5 nitrogen and oxygen atoms in total. The number of hydrogen-bond acceptors (Lipinski definition) is 4. The van der Waals surface area contributed by atoms with Gasteiger partial charge < -0.3 is 0 Å². The zero-order valence-electron chi connectivity index (χ0n) is 11.1. The van der Waals surface area contributed by atoms with Gasteiger partial charge in [0.25, 0.3) is 0 Å². The summed E-state index contributed by atoms with van der Waals surface area (Å²) in [5.74, 6) is 0. The second-order valence-corrected chi connectivity index (χ2v) is 6.65. The Morgan fingerprint density at radius 1 is 1.32 bits per heavy atom. The van der Waals surface area contributed by atoms with Crippen molar-refractivity contribution in [3.05, 3.63) is 29.3 Å². The van der Waals surface area contributed by atoms with Gasteiger partial charge in [-0.2, -0.15) is 10.5 Å². The second kappa shape index (κ2) is 5.40. The molecule has 0 radical (unpaired) electrons. The lowest BCUT2D eigenvalue weighted by Crippen LogP contribution is -2.33. The lowest BCUT2D eigenvalue weighted by atomic mass is 9.97. The molecule has 0 atom stereocenters. The Morgan fingerprint density at radius 2 is 1.95 bits per heavy atom. The first-order chi connectivity index (χ1) is 8.72. The van der Waals surface area contributed by atoms with E-state index in [1.165, 1.54) is 18.2 Å². The van der Waals surface area contributed by atoms with Gasteiger partial charge in [-0.15, -0.1) is 0 Å². The number of nitriles is 2. The summed E-state index contributed by atoms with van der Waals surface area (Å²) in [6.07, 6.45) is 0. The van der Waals surface area contributed by atoms with Gasteiger partial charge in [0.1, 0.15) is 0 Å². The first-order valence-corrected chi connectivity index (χ1v) is 7.12. The summed E-state index contributed by atoms with van der Waals surface area (Å²) in [7, 11) is -3.67.